The lowest BCUT2D eigenvalue weighted by molar-refractivity contribution is -0.142. The highest BCUT2D eigenvalue weighted by molar-refractivity contribution is 7.87. The lowest BCUT2D eigenvalue weighted by Gasteiger charge is -2.06. The second kappa shape index (κ2) is 7.61. The highest BCUT2D eigenvalue weighted by atomic mass is 32.2. The Hall–Kier alpha value is -0.660. The maximum Gasteiger partial charge on any atom is 0.307 e. The molecule has 0 unspecified atom stereocenters. The number of rotatable bonds is 8. The lowest BCUT2D eigenvalue weighted by atomic mass is 10.4. The maximum atomic E-state index is 11.2. The van der Waals surface area contributed by atoms with Crippen molar-refractivity contribution in [2.45, 2.75) is 26.7 Å². The fourth-order valence-corrected chi connectivity index (χ4v) is 1.75. The number of nitrogens with one attached hydrogen (secondary N) is 2. The van der Waals surface area contributed by atoms with Crippen LogP contribution in [0.25, 0.3) is 0 Å². The predicted octanol–water partition coefficient (Wildman–Crippen LogP) is -0.226. The van der Waals surface area contributed by atoms with Gasteiger partial charge in [-0.2, -0.15) is 8.42 Å². The zero-order chi connectivity index (χ0) is 11.7. The van der Waals surface area contributed by atoms with E-state index >= 15 is 0 Å². The van der Waals surface area contributed by atoms with Gasteiger partial charge in [-0.3, -0.25) is 4.79 Å². The van der Waals surface area contributed by atoms with E-state index in [1.54, 1.807) is 6.92 Å². The van der Waals surface area contributed by atoms with E-state index < -0.39 is 16.2 Å². The Balaban J connectivity index is 3.70. The standard InChI is InChI=1S/C8H18N2O4S/c1-3-6-9-15(12,13)10-7-5-8(11)14-4-2/h9-10H,3-7H2,1-2H3. The predicted molar refractivity (Wildman–Crippen MR) is 56.5 cm³/mol. The monoisotopic (exact) mass is 238 g/mol. The van der Waals surface area contributed by atoms with Gasteiger partial charge in [-0.05, 0) is 13.3 Å². The van der Waals surface area contributed by atoms with Crippen LogP contribution in [0.4, 0.5) is 0 Å². The molecule has 0 radical (unpaired) electrons. The summed E-state index contributed by atoms with van der Waals surface area (Å²) in [5.74, 6) is -0.407. The van der Waals surface area contributed by atoms with Crippen LogP contribution in [-0.2, 0) is 19.7 Å². The summed E-state index contributed by atoms with van der Waals surface area (Å²) < 4.78 is 31.5. The van der Waals surface area contributed by atoms with Crippen molar-refractivity contribution in [3.05, 3.63) is 0 Å². The number of hydrogen-bond acceptors (Lipinski definition) is 4. The van der Waals surface area contributed by atoms with E-state index in [1.807, 2.05) is 6.92 Å². The molecule has 0 spiro atoms. The average Bonchev–Trinajstić information content (AvgIpc) is 2.15. The van der Waals surface area contributed by atoms with Gasteiger partial charge in [0.1, 0.15) is 0 Å². The third-order valence-electron chi connectivity index (χ3n) is 1.47. The van der Waals surface area contributed by atoms with E-state index in [1.165, 1.54) is 0 Å². The Morgan fingerprint density at radius 1 is 1.20 bits per heavy atom. The molecule has 0 aliphatic carbocycles. The van der Waals surface area contributed by atoms with Crippen molar-refractivity contribution in [1.29, 1.82) is 0 Å². The smallest absolute Gasteiger partial charge is 0.307 e. The number of hydrogen-bond donors (Lipinski definition) is 2. The molecular formula is C8H18N2O4S. The summed E-state index contributed by atoms with van der Waals surface area (Å²) in [4.78, 5) is 10.9. The molecule has 0 saturated heterocycles. The van der Waals surface area contributed by atoms with Gasteiger partial charge in [0.05, 0.1) is 13.0 Å². The molecule has 0 rings (SSSR count). The van der Waals surface area contributed by atoms with Crippen LogP contribution in [0.5, 0.6) is 0 Å². The molecule has 0 atom stereocenters. The summed E-state index contributed by atoms with van der Waals surface area (Å²) in [6.45, 7) is 4.30. The zero-order valence-electron chi connectivity index (χ0n) is 9.08. The molecule has 0 saturated carbocycles. The van der Waals surface area contributed by atoms with Crippen molar-refractivity contribution in [3.8, 4) is 0 Å². The van der Waals surface area contributed by atoms with Gasteiger partial charge in [-0.15, -0.1) is 0 Å². The van der Waals surface area contributed by atoms with Crippen LogP contribution in [0.15, 0.2) is 0 Å². The molecule has 0 aromatic heterocycles. The summed E-state index contributed by atoms with van der Waals surface area (Å²) in [7, 11) is -3.46. The first-order chi connectivity index (χ1) is 7.02. The first-order valence-electron chi connectivity index (χ1n) is 4.91. The highest BCUT2D eigenvalue weighted by Crippen LogP contribution is 1.86. The molecule has 2 N–H and O–H groups in total. The summed E-state index contributed by atoms with van der Waals surface area (Å²) in [6.07, 6.45) is 0.764. The van der Waals surface area contributed by atoms with Gasteiger partial charge in [-0.25, -0.2) is 9.44 Å². The summed E-state index contributed by atoms with van der Waals surface area (Å²) >= 11 is 0. The molecule has 0 bridgehead atoms. The molecule has 7 heteroatoms. The fraction of sp³-hybridized carbons (Fsp3) is 0.875. The lowest BCUT2D eigenvalue weighted by Crippen LogP contribution is -2.38. The molecule has 0 aliphatic rings. The minimum absolute atomic E-state index is 0.0425. The molecule has 6 nitrogen and oxygen atoms in total. The van der Waals surface area contributed by atoms with Crippen LogP contribution >= 0.6 is 0 Å². The maximum absolute atomic E-state index is 11.2. The number of carbonyl (C=O) groups is 1. The van der Waals surface area contributed by atoms with E-state index in [2.05, 4.69) is 14.2 Å². The third-order valence-corrected chi connectivity index (χ3v) is 2.64. The second-order valence-corrected chi connectivity index (χ2v) is 4.43. The van der Waals surface area contributed by atoms with Crippen molar-refractivity contribution < 1.29 is 17.9 Å². The van der Waals surface area contributed by atoms with E-state index in [0.717, 1.165) is 6.42 Å². The SMILES string of the molecule is CCCNS(=O)(=O)NCCC(=O)OCC. The molecule has 0 fully saturated rings. The van der Waals surface area contributed by atoms with Crippen LogP contribution < -0.4 is 9.44 Å². The van der Waals surface area contributed by atoms with Crippen molar-refractivity contribution in [2.24, 2.45) is 0 Å². The molecule has 90 valence electrons. The second-order valence-electron chi connectivity index (χ2n) is 2.85. The number of carbonyl (C=O) groups excluding carboxylic acids is 1. The Labute approximate surface area is 90.6 Å². The molecule has 0 aromatic rings. The quantitative estimate of drug-likeness (QED) is 0.572. The molecule has 0 amide bonds. The van der Waals surface area contributed by atoms with Crippen molar-refractivity contribution >= 4 is 16.2 Å². The van der Waals surface area contributed by atoms with Crippen molar-refractivity contribution in [1.82, 2.24) is 9.44 Å². The van der Waals surface area contributed by atoms with Gasteiger partial charge in [0.15, 0.2) is 0 Å². The summed E-state index contributed by atoms with van der Waals surface area (Å²) in [5, 5.41) is 0. The van der Waals surface area contributed by atoms with Crippen LogP contribution in [0.2, 0.25) is 0 Å². The van der Waals surface area contributed by atoms with Gasteiger partial charge in [0.2, 0.25) is 0 Å². The minimum atomic E-state index is -3.46. The van der Waals surface area contributed by atoms with Crippen molar-refractivity contribution in [2.75, 3.05) is 19.7 Å². The molecule has 0 heterocycles. The Morgan fingerprint density at radius 3 is 2.33 bits per heavy atom. The van der Waals surface area contributed by atoms with Crippen LogP contribution in [0, 0.1) is 0 Å². The largest absolute Gasteiger partial charge is 0.466 e. The molecule has 15 heavy (non-hydrogen) atoms. The van der Waals surface area contributed by atoms with Gasteiger partial charge in [0, 0.05) is 13.1 Å². The van der Waals surface area contributed by atoms with E-state index in [9.17, 15) is 13.2 Å². The topological polar surface area (TPSA) is 84.5 Å². The van der Waals surface area contributed by atoms with Crippen LogP contribution in [0.1, 0.15) is 26.7 Å². The fourth-order valence-electron chi connectivity index (χ4n) is 0.808. The number of esters is 1. The third kappa shape index (κ3) is 8.34. The Kier molecular flexibility index (Phi) is 7.27. The van der Waals surface area contributed by atoms with E-state index in [-0.39, 0.29) is 13.0 Å². The normalized spacial score (nSPS) is 11.3. The van der Waals surface area contributed by atoms with E-state index in [4.69, 9.17) is 0 Å². The summed E-state index contributed by atoms with van der Waals surface area (Å²) in [6, 6.07) is 0. The molecular weight excluding hydrogens is 220 g/mol. The molecule has 0 aromatic carbocycles. The first-order valence-corrected chi connectivity index (χ1v) is 6.40. The molecule has 0 aliphatic heterocycles. The van der Waals surface area contributed by atoms with Gasteiger partial charge in [-0.1, -0.05) is 6.92 Å². The van der Waals surface area contributed by atoms with Crippen molar-refractivity contribution in [3.63, 3.8) is 0 Å². The van der Waals surface area contributed by atoms with Gasteiger partial charge < -0.3 is 4.74 Å². The Morgan fingerprint density at radius 2 is 1.80 bits per heavy atom. The average molecular weight is 238 g/mol. The highest BCUT2D eigenvalue weighted by Gasteiger charge is 2.08. The zero-order valence-corrected chi connectivity index (χ0v) is 9.89. The van der Waals surface area contributed by atoms with Gasteiger partial charge >= 0.3 is 5.97 Å². The minimum Gasteiger partial charge on any atom is -0.466 e. The number of ether oxygens (including phenoxy) is 1. The van der Waals surface area contributed by atoms with Crippen LogP contribution in [0.3, 0.4) is 0 Å². The summed E-state index contributed by atoms with van der Waals surface area (Å²) in [5.41, 5.74) is 0. The van der Waals surface area contributed by atoms with Gasteiger partial charge in [0.25, 0.3) is 10.2 Å². The van der Waals surface area contributed by atoms with E-state index in [0.29, 0.717) is 13.2 Å². The first kappa shape index (κ1) is 14.3. The Bertz CT molecular complexity index is 276. The van der Waals surface area contributed by atoms with Crippen LogP contribution in [-0.4, -0.2) is 34.1 Å².